The van der Waals surface area contributed by atoms with E-state index in [-0.39, 0.29) is 4.90 Å². The van der Waals surface area contributed by atoms with E-state index in [1.165, 1.54) is 0 Å². The molecule has 0 unspecified atom stereocenters. The molecule has 1 aromatic rings. The van der Waals surface area contributed by atoms with Gasteiger partial charge in [-0.2, -0.15) is 0 Å². The number of aromatic hydroxyl groups is 1. The van der Waals surface area contributed by atoms with E-state index in [1.807, 2.05) is 0 Å². The van der Waals surface area contributed by atoms with Crippen LogP contribution in [-0.4, -0.2) is 23.3 Å². The van der Waals surface area contributed by atoms with Gasteiger partial charge in [0.25, 0.3) is 0 Å². The van der Waals surface area contributed by atoms with Gasteiger partial charge in [0.15, 0.2) is 0 Å². The molecule has 0 atom stereocenters. The van der Waals surface area contributed by atoms with Gasteiger partial charge in [0.1, 0.15) is 15.9 Å². The first kappa shape index (κ1) is 13.0. The summed E-state index contributed by atoms with van der Waals surface area (Å²) in [5.74, 6) is -2.23. The molecule has 0 radical (unpaired) electrons. The van der Waals surface area contributed by atoms with Crippen LogP contribution in [0.3, 0.4) is 0 Å². The lowest BCUT2D eigenvalue weighted by Crippen LogP contribution is -2.05. The molecule has 0 spiro atoms. The molecule has 0 aliphatic rings. The van der Waals surface area contributed by atoms with E-state index in [1.54, 1.807) is 0 Å². The van der Waals surface area contributed by atoms with Gasteiger partial charge >= 0.3 is 0 Å². The van der Waals surface area contributed by atoms with Gasteiger partial charge in [0.2, 0.25) is 0 Å². The Morgan fingerprint density at radius 2 is 2.00 bits per heavy atom. The molecule has 0 fully saturated rings. The highest BCUT2D eigenvalue weighted by atomic mass is 32.2. The van der Waals surface area contributed by atoms with Crippen LogP contribution in [0.15, 0.2) is 21.9 Å². The molecule has 0 amide bonds. The number of rotatable bonds is 4. The van der Waals surface area contributed by atoms with Crippen molar-refractivity contribution in [3.05, 3.63) is 12.1 Å². The predicted octanol–water partition coefficient (Wildman–Crippen LogP) is -0.202. The summed E-state index contributed by atoms with van der Waals surface area (Å²) >= 11 is 0.299. The van der Waals surface area contributed by atoms with Crippen molar-refractivity contribution >= 4 is 22.2 Å². The molecule has 1 aromatic carbocycles. The van der Waals surface area contributed by atoms with Crippen molar-refractivity contribution in [1.29, 1.82) is 0 Å². The van der Waals surface area contributed by atoms with Crippen LogP contribution in [0.1, 0.15) is 0 Å². The lowest BCUT2D eigenvalue weighted by Gasteiger charge is -2.18. The molecule has 10 heteroatoms. The van der Waals surface area contributed by atoms with Gasteiger partial charge in [-0.05, 0) is 17.9 Å². The maximum Gasteiger partial charge on any atom is 0.123 e. The predicted molar refractivity (Wildman–Crippen MR) is 46.2 cm³/mol. The topological polar surface area (TPSA) is 139 Å². The Hall–Kier alpha value is -1.04. The highest BCUT2D eigenvalue weighted by Gasteiger charge is 2.09. The fraction of sp³-hybridized carbons (Fsp3) is 0. The Balaban J connectivity index is 3.23. The van der Waals surface area contributed by atoms with Gasteiger partial charge in [-0.15, -0.1) is 4.33 Å². The number of benzene rings is 1. The molecule has 0 saturated heterocycles. The van der Waals surface area contributed by atoms with Crippen molar-refractivity contribution in [3.63, 3.8) is 0 Å². The summed E-state index contributed by atoms with van der Waals surface area (Å²) in [5.41, 5.74) is 0. The lowest BCUT2D eigenvalue weighted by molar-refractivity contribution is -0.432. The van der Waals surface area contributed by atoms with Crippen molar-refractivity contribution in [2.75, 3.05) is 0 Å². The van der Waals surface area contributed by atoms with Crippen LogP contribution in [0, 0.1) is 0 Å². The molecule has 0 aliphatic heterocycles. The molecule has 1 rings (SSSR count). The van der Waals surface area contributed by atoms with E-state index in [9.17, 15) is 18.1 Å². The molecule has 16 heavy (non-hydrogen) atoms. The standard InChI is InChI=1S/C6H6O8S2/c7-4-1-3(15-14-13-9)2-5(6(4)8)16(10,11)12/h1-2,7-9H,(H,10,11,12)/p-2. The first-order valence-electron chi connectivity index (χ1n) is 3.51. The second-order valence-electron chi connectivity index (χ2n) is 2.45. The third-order valence-electron chi connectivity index (χ3n) is 1.44. The van der Waals surface area contributed by atoms with Gasteiger partial charge in [-0.25, -0.2) is 13.7 Å². The maximum absolute atomic E-state index is 11.1. The smallest absolute Gasteiger partial charge is 0.123 e. The third-order valence-corrected chi connectivity index (χ3v) is 2.84. The van der Waals surface area contributed by atoms with Crippen LogP contribution in [0.4, 0.5) is 0 Å². The van der Waals surface area contributed by atoms with Crippen molar-refractivity contribution in [1.82, 2.24) is 0 Å². The van der Waals surface area contributed by atoms with E-state index in [0.29, 0.717) is 18.1 Å². The number of phenolic OH excluding ortho intramolecular Hbond substituents is 1. The zero-order valence-electron chi connectivity index (χ0n) is 7.32. The van der Waals surface area contributed by atoms with Gasteiger partial charge in [-0.1, -0.05) is 5.04 Å². The summed E-state index contributed by atoms with van der Waals surface area (Å²) in [4.78, 5) is -1.22. The average Bonchev–Trinajstić information content (AvgIpc) is 2.17. The van der Waals surface area contributed by atoms with Gasteiger partial charge in [0, 0.05) is 4.90 Å². The van der Waals surface area contributed by atoms with E-state index in [0.717, 1.165) is 6.07 Å². The summed E-state index contributed by atoms with van der Waals surface area (Å²) in [6, 6.07) is 1.54. The van der Waals surface area contributed by atoms with E-state index >= 15 is 0 Å². The molecule has 0 aromatic heterocycles. The largest absolute Gasteiger partial charge is 0.869 e. The van der Waals surface area contributed by atoms with E-state index in [4.69, 9.17) is 10.4 Å². The minimum absolute atomic E-state index is 0.111. The second-order valence-corrected chi connectivity index (χ2v) is 4.57. The normalized spacial score (nSPS) is 11.6. The third kappa shape index (κ3) is 2.98. The van der Waals surface area contributed by atoms with Crippen LogP contribution in [-0.2, 0) is 19.5 Å². The van der Waals surface area contributed by atoms with Crippen LogP contribution in [0.5, 0.6) is 11.5 Å². The van der Waals surface area contributed by atoms with E-state index < -0.39 is 26.5 Å². The van der Waals surface area contributed by atoms with Crippen LogP contribution >= 0.6 is 12.0 Å². The zero-order chi connectivity index (χ0) is 12.3. The first-order valence-corrected chi connectivity index (χ1v) is 5.66. The van der Waals surface area contributed by atoms with Crippen molar-refractivity contribution in [2.24, 2.45) is 0 Å². The SMILES string of the molecule is O=S(=O)([O-])c1cc(SOOO)cc(O)c1[O-]. The maximum atomic E-state index is 11.1. The van der Waals surface area contributed by atoms with Crippen molar-refractivity contribution in [2.45, 2.75) is 9.79 Å². The number of hydrogen-bond donors (Lipinski definition) is 2. The molecule has 8 nitrogen and oxygen atoms in total. The highest BCUT2D eigenvalue weighted by Crippen LogP contribution is 2.35. The highest BCUT2D eigenvalue weighted by molar-refractivity contribution is 7.94. The quantitative estimate of drug-likeness (QED) is 0.328. The average molecular weight is 268 g/mol. The Bertz CT molecular complexity index is 482. The Morgan fingerprint density at radius 3 is 2.50 bits per heavy atom. The monoisotopic (exact) mass is 268 g/mol. The second kappa shape index (κ2) is 4.86. The molecule has 2 N–H and O–H groups in total. The Labute approximate surface area is 93.9 Å². The van der Waals surface area contributed by atoms with Crippen molar-refractivity contribution < 1.29 is 37.8 Å². The summed E-state index contributed by atoms with van der Waals surface area (Å²) in [7, 11) is -5.00. The van der Waals surface area contributed by atoms with Gasteiger partial charge in [0.05, 0.1) is 16.9 Å². The molecule has 90 valence electrons. The number of hydrogen-bond acceptors (Lipinski definition) is 9. The zero-order valence-corrected chi connectivity index (χ0v) is 8.95. The minimum Gasteiger partial charge on any atom is -0.869 e. The molecular formula is C6H4O8S2-2. The minimum atomic E-state index is -5.00. The van der Waals surface area contributed by atoms with Gasteiger partial charge < -0.3 is 14.8 Å². The molecule has 0 heterocycles. The summed E-state index contributed by atoms with van der Waals surface area (Å²) in [6.45, 7) is 0. The van der Waals surface area contributed by atoms with Crippen LogP contribution < -0.4 is 5.11 Å². The van der Waals surface area contributed by atoms with Gasteiger partial charge in [-0.3, -0.25) is 0 Å². The molecule has 0 aliphatic carbocycles. The molecule has 0 saturated carbocycles. The first-order chi connectivity index (χ1) is 7.36. The van der Waals surface area contributed by atoms with Crippen LogP contribution in [0.2, 0.25) is 0 Å². The van der Waals surface area contributed by atoms with Crippen molar-refractivity contribution in [3.8, 4) is 11.5 Å². The van der Waals surface area contributed by atoms with Crippen LogP contribution in [0.25, 0.3) is 0 Å². The Morgan fingerprint density at radius 1 is 1.38 bits per heavy atom. The molecular weight excluding hydrogens is 264 g/mol. The summed E-state index contributed by atoms with van der Waals surface area (Å²) in [6.07, 6.45) is 0. The fourth-order valence-electron chi connectivity index (χ4n) is 0.851. The number of phenols is 1. The fourth-order valence-corrected chi connectivity index (χ4v) is 1.96. The molecule has 0 bridgehead atoms. The summed E-state index contributed by atoms with van der Waals surface area (Å²) < 4.78 is 35.8. The lowest BCUT2D eigenvalue weighted by atomic mass is 10.3. The summed E-state index contributed by atoms with van der Waals surface area (Å²) in [5, 5.41) is 31.2. The van der Waals surface area contributed by atoms with E-state index in [2.05, 4.69) is 9.37 Å². The Kier molecular flexibility index (Phi) is 3.96.